The van der Waals surface area contributed by atoms with Crippen LogP contribution in [0.15, 0.2) is 12.3 Å². The van der Waals surface area contributed by atoms with Gasteiger partial charge in [0.2, 0.25) is 5.91 Å². The minimum atomic E-state index is -0.451. The zero-order valence-corrected chi connectivity index (χ0v) is 12.0. The van der Waals surface area contributed by atoms with Crippen LogP contribution in [0.5, 0.6) is 0 Å². The standard InChI is InChI=1S/C14H19N5O2/c1-2-3-17-14(20)12-9-21-5-4-19(12)13-11(16)6-10(7-15)8-18-13/h6,8,12H,2-5,9,16H2,1H3,(H,17,20). The maximum Gasteiger partial charge on any atom is 0.245 e. The number of nitrogens with zero attached hydrogens (tertiary/aromatic N) is 3. The monoisotopic (exact) mass is 289 g/mol. The van der Waals surface area contributed by atoms with Crippen molar-refractivity contribution in [2.75, 3.05) is 36.9 Å². The minimum absolute atomic E-state index is 0.0953. The molecule has 0 spiro atoms. The molecule has 0 radical (unpaired) electrons. The summed E-state index contributed by atoms with van der Waals surface area (Å²) in [5, 5.41) is 11.7. The molecule has 1 fully saturated rings. The van der Waals surface area contributed by atoms with Crippen molar-refractivity contribution in [2.24, 2.45) is 0 Å². The summed E-state index contributed by atoms with van der Waals surface area (Å²) < 4.78 is 5.40. The van der Waals surface area contributed by atoms with E-state index in [0.29, 0.717) is 43.4 Å². The number of nitriles is 1. The predicted octanol–water partition coefficient (Wildman–Crippen LogP) is 0.267. The molecule has 112 valence electrons. The van der Waals surface area contributed by atoms with E-state index in [1.165, 1.54) is 6.20 Å². The van der Waals surface area contributed by atoms with Crippen LogP contribution in [0.3, 0.4) is 0 Å². The van der Waals surface area contributed by atoms with Crippen molar-refractivity contribution in [2.45, 2.75) is 19.4 Å². The van der Waals surface area contributed by atoms with E-state index in [4.69, 9.17) is 15.7 Å². The fraction of sp³-hybridized carbons (Fsp3) is 0.500. The fourth-order valence-corrected chi connectivity index (χ4v) is 2.22. The molecule has 1 aromatic rings. The van der Waals surface area contributed by atoms with Crippen LogP contribution in [0.4, 0.5) is 11.5 Å². The SMILES string of the molecule is CCCNC(=O)C1COCCN1c1ncc(C#N)cc1N. The molecular formula is C14H19N5O2. The van der Waals surface area contributed by atoms with Gasteiger partial charge >= 0.3 is 0 Å². The number of nitrogens with one attached hydrogen (secondary N) is 1. The molecule has 1 aromatic heterocycles. The Balaban J connectivity index is 2.22. The summed E-state index contributed by atoms with van der Waals surface area (Å²) in [7, 11) is 0. The lowest BCUT2D eigenvalue weighted by atomic mass is 10.2. The molecule has 1 atom stereocenters. The van der Waals surface area contributed by atoms with Crippen molar-refractivity contribution in [1.29, 1.82) is 5.26 Å². The Morgan fingerprint density at radius 1 is 1.71 bits per heavy atom. The van der Waals surface area contributed by atoms with Gasteiger partial charge in [0.1, 0.15) is 12.1 Å². The summed E-state index contributed by atoms with van der Waals surface area (Å²) in [6.07, 6.45) is 2.33. The molecule has 1 aliphatic rings. The maximum absolute atomic E-state index is 12.2. The Morgan fingerprint density at radius 3 is 3.19 bits per heavy atom. The van der Waals surface area contributed by atoms with Gasteiger partial charge in [-0.25, -0.2) is 4.98 Å². The summed E-state index contributed by atoms with van der Waals surface area (Å²) in [4.78, 5) is 18.3. The Hall–Kier alpha value is -2.33. The highest BCUT2D eigenvalue weighted by Gasteiger charge is 2.31. The number of nitrogen functional groups attached to an aromatic ring is 1. The van der Waals surface area contributed by atoms with Gasteiger partial charge in [-0.2, -0.15) is 5.26 Å². The molecule has 7 nitrogen and oxygen atoms in total. The molecule has 1 saturated heterocycles. The topological polar surface area (TPSA) is 104 Å². The molecule has 7 heteroatoms. The quantitative estimate of drug-likeness (QED) is 0.824. The third-order valence-electron chi connectivity index (χ3n) is 3.28. The first kappa shape index (κ1) is 15.1. The van der Waals surface area contributed by atoms with Crippen LogP contribution in [0.2, 0.25) is 0 Å². The van der Waals surface area contributed by atoms with Crippen molar-refractivity contribution < 1.29 is 9.53 Å². The highest BCUT2D eigenvalue weighted by Crippen LogP contribution is 2.24. The Kier molecular flexibility index (Phi) is 4.95. The molecule has 0 aromatic carbocycles. The molecule has 2 rings (SSSR count). The van der Waals surface area contributed by atoms with Crippen LogP contribution in [0.1, 0.15) is 18.9 Å². The van der Waals surface area contributed by atoms with Crippen LogP contribution < -0.4 is 16.0 Å². The summed E-state index contributed by atoms with van der Waals surface area (Å²) in [5.74, 6) is 0.427. The van der Waals surface area contributed by atoms with Crippen LogP contribution in [0.25, 0.3) is 0 Å². The predicted molar refractivity (Wildman–Crippen MR) is 78.6 cm³/mol. The molecule has 1 unspecified atom stereocenters. The number of nitrogens with two attached hydrogens (primary N) is 1. The van der Waals surface area contributed by atoms with Gasteiger partial charge in [-0.05, 0) is 12.5 Å². The fourth-order valence-electron chi connectivity index (χ4n) is 2.22. The zero-order chi connectivity index (χ0) is 15.2. The van der Waals surface area contributed by atoms with E-state index in [0.717, 1.165) is 6.42 Å². The van der Waals surface area contributed by atoms with Crippen molar-refractivity contribution in [3.8, 4) is 6.07 Å². The van der Waals surface area contributed by atoms with Crippen LogP contribution in [-0.2, 0) is 9.53 Å². The minimum Gasteiger partial charge on any atom is -0.396 e. The van der Waals surface area contributed by atoms with Crippen molar-refractivity contribution in [3.05, 3.63) is 17.8 Å². The van der Waals surface area contributed by atoms with E-state index >= 15 is 0 Å². The number of aromatic nitrogens is 1. The molecule has 1 amide bonds. The van der Waals surface area contributed by atoms with Gasteiger partial charge in [-0.3, -0.25) is 4.79 Å². The maximum atomic E-state index is 12.2. The molecule has 2 heterocycles. The Labute approximate surface area is 123 Å². The molecular weight excluding hydrogens is 270 g/mol. The second kappa shape index (κ2) is 6.90. The second-order valence-corrected chi connectivity index (χ2v) is 4.82. The van der Waals surface area contributed by atoms with Gasteiger partial charge in [0, 0.05) is 19.3 Å². The van der Waals surface area contributed by atoms with E-state index in [1.54, 1.807) is 6.07 Å². The van der Waals surface area contributed by atoms with E-state index < -0.39 is 6.04 Å². The van der Waals surface area contributed by atoms with Gasteiger partial charge < -0.3 is 20.7 Å². The molecule has 0 saturated carbocycles. The molecule has 3 N–H and O–H groups in total. The Morgan fingerprint density at radius 2 is 2.52 bits per heavy atom. The largest absolute Gasteiger partial charge is 0.396 e. The number of hydrogen-bond acceptors (Lipinski definition) is 6. The highest BCUT2D eigenvalue weighted by atomic mass is 16.5. The van der Waals surface area contributed by atoms with Crippen LogP contribution in [0, 0.1) is 11.3 Å². The lowest BCUT2D eigenvalue weighted by Gasteiger charge is -2.35. The van der Waals surface area contributed by atoms with E-state index in [9.17, 15) is 4.79 Å². The second-order valence-electron chi connectivity index (χ2n) is 4.82. The van der Waals surface area contributed by atoms with E-state index in [2.05, 4.69) is 10.3 Å². The zero-order valence-electron chi connectivity index (χ0n) is 12.0. The normalized spacial score (nSPS) is 18.1. The average molecular weight is 289 g/mol. The first-order chi connectivity index (χ1) is 10.2. The number of amides is 1. The van der Waals surface area contributed by atoms with Gasteiger partial charge in [0.15, 0.2) is 5.82 Å². The number of ether oxygens (including phenoxy) is 1. The summed E-state index contributed by atoms with van der Waals surface area (Å²) in [6, 6.07) is 3.11. The number of carbonyl (C=O) groups excluding carboxylic acids is 1. The van der Waals surface area contributed by atoms with Gasteiger partial charge in [-0.1, -0.05) is 6.92 Å². The average Bonchev–Trinajstić information content (AvgIpc) is 2.52. The third kappa shape index (κ3) is 3.41. The van der Waals surface area contributed by atoms with E-state index in [1.807, 2.05) is 17.9 Å². The van der Waals surface area contributed by atoms with E-state index in [-0.39, 0.29) is 5.91 Å². The molecule has 0 aliphatic carbocycles. The first-order valence-electron chi connectivity index (χ1n) is 6.95. The van der Waals surface area contributed by atoms with Crippen LogP contribution in [-0.4, -0.2) is 43.2 Å². The lowest BCUT2D eigenvalue weighted by molar-refractivity contribution is -0.124. The summed E-state index contributed by atoms with van der Waals surface area (Å²) in [6.45, 7) is 3.97. The third-order valence-corrected chi connectivity index (χ3v) is 3.28. The van der Waals surface area contributed by atoms with Crippen LogP contribution >= 0.6 is 0 Å². The van der Waals surface area contributed by atoms with Crippen molar-refractivity contribution in [3.63, 3.8) is 0 Å². The number of pyridine rings is 1. The molecule has 1 aliphatic heterocycles. The molecule has 21 heavy (non-hydrogen) atoms. The summed E-state index contributed by atoms with van der Waals surface area (Å²) in [5.41, 5.74) is 6.75. The van der Waals surface area contributed by atoms with Gasteiger partial charge in [-0.15, -0.1) is 0 Å². The lowest BCUT2D eigenvalue weighted by Crippen LogP contribution is -2.54. The number of anilines is 2. The van der Waals surface area contributed by atoms with Crippen molar-refractivity contribution >= 4 is 17.4 Å². The highest BCUT2D eigenvalue weighted by molar-refractivity contribution is 5.86. The smallest absolute Gasteiger partial charge is 0.245 e. The Bertz CT molecular complexity index is 555. The number of carbonyl (C=O) groups is 1. The van der Waals surface area contributed by atoms with Crippen molar-refractivity contribution in [1.82, 2.24) is 10.3 Å². The number of morpholine rings is 1. The number of rotatable bonds is 4. The number of hydrogen-bond donors (Lipinski definition) is 2. The molecule has 0 bridgehead atoms. The van der Waals surface area contributed by atoms with Gasteiger partial charge in [0.25, 0.3) is 0 Å². The van der Waals surface area contributed by atoms with Gasteiger partial charge in [0.05, 0.1) is 24.5 Å². The first-order valence-corrected chi connectivity index (χ1v) is 6.95. The summed E-state index contributed by atoms with van der Waals surface area (Å²) >= 11 is 0.